The van der Waals surface area contributed by atoms with Gasteiger partial charge in [0, 0.05) is 18.1 Å². The van der Waals surface area contributed by atoms with Crippen LogP contribution in [0.25, 0.3) is 10.9 Å². The molecular weight excluding hydrogens is 370 g/mol. The molecule has 0 aliphatic heterocycles. The highest BCUT2D eigenvalue weighted by atomic mass is 35.5. The summed E-state index contributed by atoms with van der Waals surface area (Å²) in [6.07, 6.45) is 1.75. The molecule has 5 nitrogen and oxygen atoms in total. The van der Waals surface area contributed by atoms with Gasteiger partial charge in [-0.15, -0.1) is 0 Å². The fourth-order valence-electron chi connectivity index (χ4n) is 2.45. The lowest BCUT2D eigenvalue weighted by atomic mass is 10.1. The molecule has 7 heteroatoms. The van der Waals surface area contributed by atoms with Crippen LogP contribution in [0.15, 0.2) is 28.2 Å². The number of aromatic nitrogens is 2. The molecule has 26 heavy (non-hydrogen) atoms. The molecule has 0 unspecified atom stereocenters. The quantitative estimate of drug-likeness (QED) is 0.539. The van der Waals surface area contributed by atoms with Crippen molar-refractivity contribution < 1.29 is 4.79 Å². The summed E-state index contributed by atoms with van der Waals surface area (Å²) < 4.78 is 1.69. The summed E-state index contributed by atoms with van der Waals surface area (Å²) in [4.78, 5) is 29.8. The largest absolute Gasteiger partial charge is 0.355 e. The van der Waals surface area contributed by atoms with Gasteiger partial charge in [-0.25, -0.2) is 4.98 Å². The van der Waals surface area contributed by atoms with Crippen LogP contribution in [0.3, 0.4) is 0 Å². The average molecular weight is 396 g/mol. The SMILES string of the molecule is CCCNC(=O)[C@H](C)Sc1nc2cc(Cl)ccc2c(=O)n1CCC(C)C. The van der Waals surface area contributed by atoms with E-state index < -0.39 is 0 Å². The Morgan fingerprint density at radius 1 is 1.35 bits per heavy atom. The summed E-state index contributed by atoms with van der Waals surface area (Å²) >= 11 is 7.37. The minimum atomic E-state index is -0.338. The van der Waals surface area contributed by atoms with Crippen LogP contribution in [-0.2, 0) is 11.3 Å². The van der Waals surface area contributed by atoms with Crippen LogP contribution in [0.4, 0.5) is 0 Å². The van der Waals surface area contributed by atoms with Gasteiger partial charge in [-0.2, -0.15) is 0 Å². The van der Waals surface area contributed by atoms with E-state index in [4.69, 9.17) is 11.6 Å². The van der Waals surface area contributed by atoms with Gasteiger partial charge in [-0.05, 0) is 43.9 Å². The van der Waals surface area contributed by atoms with E-state index >= 15 is 0 Å². The summed E-state index contributed by atoms with van der Waals surface area (Å²) in [7, 11) is 0. The summed E-state index contributed by atoms with van der Waals surface area (Å²) in [6.45, 7) is 9.30. The number of amides is 1. The van der Waals surface area contributed by atoms with Gasteiger partial charge in [0.15, 0.2) is 5.16 Å². The Balaban J connectivity index is 2.42. The van der Waals surface area contributed by atoms with Crippen molar-refractivity contribution >= 4 is 40.2 Å². The summed E-state index contributed by atoms with van der Waals surface area (Å²) in [5, 5.41) is 4.19. The highest BCUT2D eigenvalue weighted by molar-refractivity contribution is 8.00. The Hall–Kier alpha value is -1.53. The van der Waals surface area contributed by atoms with Crippen LogP contribution >= 0.6 is 23.4 Å². The zero-order valence-electron chi connectivity index (χ0n) is 15.7. The fourth-order valence-corrected chi connectivity index (χ4v) is 3.58. The lowest BCUT2D eigenvalue weighted by Crippen LogP contribution is -2.32. The third-order valence-corrected chi connectivity index (χ3v) is 5.34. The second kappa shape index (κ2) is 9.42. The predicted octanol–water partition coefficient (Wildman–Crippen LogP) is 4.10. The standard InChI is InChI=1S/C19H26ClN3O2S/c1-5-9-21-17(24)13(4)26-19-22-16-11-14(20)6-7-15(16)18(25)23(19)10-8-12(2)3/h6-7,11-13H,5,8-10H2,1-4H3,(H,21,24)/t13-/m0/s1. The van der Waals surface area contributed by atoms with Crippen molar-refractivity contribution in [2.45, 2.75) is 57.5 Å². The van der Waals surface area contributed by atoms with Crippen molar-refractivity contribution in [2.24, 2.45) is 5.92 Å². The van der Waals surface area contributed by atoms with Crippen molar-refractivity contribution in [1.82, 2.24) is 14.9 Å². The molecule has 1 atom stereocenters. The minimum absolute atomic E-state index is 0.0484. The number of carbonyl (C=O) groups excluding carboxylic acids is 1. The number of hydrogen-bond donors (Lipinski definition) is 1. The molecule has 0 radical (unpaired) electrons. The summed E-state index contributed by atoms with van der Waals surface area (Å²) in [5.41, 5.74) is 0.475. The zero-order valence-corrected chi connectivity index (χ0v) is 17.3. The summed E-state index contributed by atoms with van der Waals surface area (Å²) in [5.74, 6) is 0.415. The van der Waals surface area contributed by atoms with Crippen LogP contribution in [-0.4, -0.2) is 27.3 Å². The molecule has 1 amide bonds. The van der Waals surface area contributed by atoms with Crippen LogP contribution in [0.5, 0.6) is 0 Å². The molecule has 0 saturated carbocycles. The second-order valence-corrected chi connectivity index (χ2v) is 8.49. The normalized spacial score (nSPS) is 12.5. The van der Waals surface area contributed by atoms with Gasteiger partial charge in [-0.3, -0.25) is 14.2 Å². The molecule has 0 fully saturated rings. The van der Waals surface area contributed by atoms with Gasteiger partial charge in [0.2, 0.25) is 5.91 Å². The van der Waals surface area contributed by atoms with E-state index in [0.717, 1.165) is 12.8 Å². The summed E-state index contributed by atoms with van der Waals surface area (Å²) in [6, 6.07) is 5.11. The van der Waals surface area contributed by atoms with E-state index in [-0.39, 0.29) is 16.7 Å². The van der Waals surface area contributed by atoms with Gasteiger partial charge in [0.25, 0.3) is 5.56 Å². The Labute approximate surface area is 163 Å². The van der Waals surface area contributed by atoms with Crippen LogP contribution in [0.2, 0.25) is 5.02 Å². The van der Waals surface area contributed by atoms with E-state index in [0.29, 0.717) is 40.1 Å². The maximum absolute atomic E-state index is 13.0. The Kier molecular flexibility index (Phi) is 7.53. The smallest absolute Gasteiger partial charge is 0.262 e. The number of fused-ring (bicyclic) bond motifs is 1. The van der Waals surface area contributed by atoms with Gasteiger partial charge in [0.05, 0.1) is 16.2 Å². The number of rotatable bonds is 8. The fraction of sp³-hybridized carbons (Fsp3) is 0.526. The topological polar surface area (TPSA) is 64.0 Å². The van der Waals surface area contributed by atoms with Gasteiger partial charge < -0.3 is 5.32 Å². The first kappa shape index (κ1) is 20.8. The third-order valence-electron chi connectivity index (χ3n) is 4.01. The number of nitrogens with one attached hydrogen (secondary N) is 1. The van der Waals surface area contributed by atoms with E-state index in [9.17, 15) is 9.59 Å². The number of thioether (sulfide) groups is 1. The molecule has 0 bridgehead atoms. The first-order valence-corrected chi connectivity index (χ1v) is 10.2. The molecule has 1 heterocycles. The van der Waals surface area contributed by atoms with Crippen LogP contribution < -0.4 is 10.9 Å². The number of benzene rings is 1. The molecule has 1 aromatic carbocycles. The van der Waals surface area contributed by atoms with Crippen molar-refractivity contribution in [2.75, 3.05) is 6.54 Å². The monoisotopic (exact) mass is 395 g/mol. The molecule has 0 aliphatic carbocycles. The molecule has 0 aliphatic rings. The lowest BCUT2D eigenvalue weighted by Gasteiger charge is -2.17. The molecule has 2 aromatic rings. The van der Waals surface area contributed by atoms with Crippen LogP contribution in [0, 0.1) is 5.92 Å². The van der Waals surface area contributed by atoms with Crippen molar-refractivity contribution in [1.29, 1.82) is 0 Å². The van der Waals surface area contributed by atoms with Crippen molar-refractivity contribution in [3.8, 4) is 0 Å². The molecule has 142 valence electrons. The average Bonchev–Trinajstić information content (AvgIpc) is 2.58. The third kappa shape index (κ3) is 5.24. The number of carbonyl (C=O) groups is 1. The van der Waals surface area contributed by atoms with Gasteiger partial charge >= 0.3 is 0 Å². The molecular formula is C19H26ClN3O2S. The maximum atomic E-state index is 13.0. The first-order chi connectivity index (χ1) is 12.3. The lowest BCUT2D eigenvalue weighted by molar-refractivity contribution is -0.120. The Morgan fingerprint density at radius 3 is 2.73 bits per heavy atom. The van der Waals surface area contributed by atoms with Gasteiger partial charge in [0.1, 0.15) is 0 Å². The Morgan fingerprint density at radius 2 is 2.08 bits per heavy atom. The number of halogens is 1. The zero-order chi connectivity index (χ0) is 19.3. The van der Waals surface area contributed by atoms with Crippen LogP contribution in [0.1, 0.15) is 40.5 Å². The number of nitrogens with zero attached hydrogens (tertiary/aromatic N) is 2. The number of hydrogen-bond acceptors (Lipinski definition) is 4. The maximum Gasteiger partial charge on any atom is 0.262 e. The molecule has 1 aromatic heterocycles. The Bertz CT molecular complexity index is 835. The van der Waals surface area contributed by atoms with E-state index in [1.807, 2.05) is 13.8 Å². The first-order valence-electron chi connectivity index (χ1n) is 8.98. The van der Waals surface area contributed by atoms with E-state index in [1.165, 1.54) is 11.8 Å². The van der Waals surface area contributed by atoms with Crippen molar-refractivity contribution in [3.63, 3.8) is 0 Å². The van der Waals surface area contributed by atoms with E-state index in [2.05, 4.69) is 24.1 Å². The molecule has 0 spiro atoms. The molecule has 1 N–H and O–H groups in total. The van der Waals surface area contributed by atoms with Crippen molar-refractivity contribution in [3.05, 3.63) is 33.6 Å². The second-order valence-electron chi connectivity index (χ2n) is 6.75. The molecule has 2 rings (SSSR count). The highest BCUT2D eigenvalue weighted by Gasteiger charge is 2.19. The minimum Gasteiger partial charge on any atom is -0.355 e. The highest BCUT2D eigenvalue weighted by Crippen LogP contribution is 2.24. The van der Waals surface area contributed by atoms with Gasteiger partial charge in [-0.1, -0.05) is 44.1 Å². The molecule has 0 saturated heterocycles. The predicted molar refractivity (Wildman–Crippen MR) is 109 cm³/mol. The van der Waals surface area contributed by atoms with E-state index in [1.54, 1.807) is 22.8 Å².